The van der Waals surface area contributed by atoms with Crippen molar-refractivity contribution in [3.8, 4) is 0 Å². The van der Waals surface area contributed by atoms with Crippen LogP contribution in [0.4, 0.5) is 0 Å². The number of thioether (sulfide) groups is 2. The maximum Gasteiger partial charge on any atom is 0.331 e. The summed E-state index contributed by atoms with van der Waals surface area (Å²) in [4.78, 5) is 46.3. The standard InChI is InChI=1S/C13H17BrN2O4S2/c1-8(17)21-6-4-5-16-10(7-22-9(2)18)11(14)12(19)15(3)13(16)20/h4-7H2,1-3H3. The van der Waals surface area contributed by atoms with Crippen LogP contribution in [-0.2, 0) is 28.9 Å². The summed E-state index contributed by atoms with van der Waals surface area (Å²) >= 11 is 5.46. The van der Waals surface area contributed by atoms with E-state index in [1.807, 2.05) is 0 Å². The summed E-state index contributed by atoms with van der Waals surface area (Å²) in [5, 5.41) is -0.0555. The first-order valence-corrected chi connectivity index (χ1v) is 9.27. The van der Waals surface area contributed by atoms with Gasteiger partial charge in [-0.1, -0.05) is 23.5 Å². The van der Waals surface area contributed by atoms with Gasteiger partial charge < -0.3 is 0 Å². The van der Waals surface area contributed by atoms with Gasteiger partial charge in [0.2, 0.25) is 0 Å². The van der Waals surface area contributed by atoms with Gasteiger partial charge >= 0.3 is 5.69 Å². The molecule has 0 radical (unpaired) electrons. The Kier molecular flexibility index (Phi) is 7.64. The predicted molar refractivity (Wildman–Crippen MR) is 93.4 cm³/mol. The molecule has 0 aromatic carbocycles. The van der Waals surface area contributed by atoms with E-state index >= 15 is 0 Å². The summed E-state index contributed by atoms with van der Waals surface area (Å²) < 4.78 is 2.81. The van der Waals surface area contributed by atoms with Crippen molar-refractivity contribution >= 4 is 49.7 Å². The smallest absolute Gasteiger partial charge is 0.296 e. The molecule has 0 fully saturated rings. The molecule has 122 valence electrons. The lowest BCUT2D eigenvalue weighted by molar-refractivity contribution is -0.109. The number of hydrogen-bond donors (Lipinski definition) is 0. The molecule has 0 amide bonds. The van der Waals surface area contributed by atoms with Crippen LogP contribution in [0.5, 0.6) is 0 Å². The zero-order valence-corrected chi connectivity index (χ0v) is 15.8. The molecule has 0 aliphatic heterocycles. The molecule has 0 spiro atoms. The molecule has 1 aromatic rings. The van der Waals surface area contributed by atoms with E-state index in [0.29, 0.717) is 28.9 Å². The van der Waals surface area contributed by atoms with Crippen LogP contribution < -0.4 is 11.2 Å². The van der Waals surface area contributed by atoms with Gasteiger partial charge in [0, 0.05) is 38.9 Å². The second-order valence-corrected chi connectivity index (χ2v) is 7.75. The molecule has 0 unspecified atom stereocenters. The van der Waals surface area contributed by atoms with Crippen LogP contribution in [0.15, 0.2) is 14.1 Å². The Morgan fingerprint density at radius 3 is 2.27 bits per heavy atom. The zero-order valence-electron chi connectivity index (χ0n) is 12.6. The zero-order chi connectivity index (χ0) is 16.9. The van der Waals surface area contributed by atoms with E-state index in [1.54, 1.807) is 0 Å². The first-order chi connectivity index (χ1) is 10.3. The van der Waals surface area contributed by atoms with Crippen LogP contribution in [0.25, 0.3) is 0 Å². The third-order valence-corrected chi connectivity index (χ3v) is 5.35. The first-order valence-electron chi connectivity index (χ1n) is 6.50. The minimum absolute atomic E-state index is 0.0290. The van der Waals surface area contributed by atoms with Crippen molar-refractivity contribution in [1.82, 2.24) is 9.13 Å². The van der Waals surface area contributed by atoms with Crippen LogP contribution in [0.1, 0.15) is 26.0 Å². The minimum Gasteiger partial charge on any atom is -0.296 e. The van der Waals surface area contributed by atoms with E-state index in [2.05, 4.69) is 15.9 Å². The van der Waals surface area contributed by atoms with Gasteiger partial charge in [-0.3, -0.25) is 23.5 Å². The fraction of sp³-hybridized carbons (Fsp3) is 0.538. The maximum atomic E-state index is 12.3. The normalized spacial score (nSPS) is 10.7. The monoisotopic (exact) mass is 408 g/mol. The molecule has 0 N–H and O–H groups in total. The SMILES string of the molecule is CC(=O)SCCCn1c(CSC(C)=O)c(Br)c(=O)n(C)c1=O. The third-order valence-electron chi connectivity index (χ3n) is 2.83. The molecule has 0 saturated carbocycles. The second kappa shape index (κ2) is 8.73. The van der Waals surface area contributed by atoms with Crippen molar-refractivity contribution in [1.29, 1.82) is 0 Å². The molecule has 0 atom stereocenters. The van der Waals surface area contributed by atoms with E-state index in [9.17, 15) is 19.2 Å². The van der Waals surface area contributed by atoms with Crippen LogP contribution in [-0.4, -0.2) is 25.1 Å². The molecule has 6 nitrogen and oxygen atoms in total. The summed E-state index contributed by atoms with van der Waals surface area (Å²) in [6, 6.07) is 0. The largest absolute Gasteiger partial charge is 0.331 e. The number of rotatable bonds is 6. The van der Waals surface area contributed by atoms with Crippen molar-refractivity contribution in [2.24, 2.45) is 7.05 Å². The molecule has 0 aliphatic carbocycles. The highest BCUT2D eigenvalue weighted by molar-refractivity contribution is 9.10. The van der Waals surface area contributed by atoms with Gasteiger partial charge in [0.25, 0.3) is 5.56 Å². The number of carbonyl (C=O) groups excluding carboxylic acids is 2. The van der Waals surface area contributed by atoms with Gasteiger partial charge in [0.05, 0.1) is 5.69 Å². The minimum atomic E-state index is -0.418. The number of hydrogen-bond acceptors (Lipinski definition) is 6. The van der Waals surface area contributed by atoms with Crippen molar-refractivity contribution in [3.63, 3.8) is 0 Å². The molecule has 0 saturated heterocycles. The van der Waals surface area contributed by atoms with Crippen molar-refractivity contribution in [2.45, 2.75) is 32.6 Å². The van der Waals surface area contributed by atoms with Crippen molar-refractivity contribution in [2.75, 3.05) is 5.75 Å². The number of halogens is 1. The maximum absolute atomic E-state index is 12.3. The second-order valence-electron chi connectivity index (χ2n) is 4.53. The van der Waals surface area contributed by atoms with E-state index in [1.165, 1.54) is 37.2 Å². The summed E-state index contributed by atoms with van der Waals surface area (Å²) in [7, 11) is 1.41. The summed E-state index contributed by atoms with van der Waals surface area (Å²) in [6.07, 6.45) is 0.618. The molecular weight excluding hydrogens is 392 g/mol. The van der Waals surface area contributed by atoms with Crippen molar-refractivity contribution < 1.29 is 9.59 Å². The Bertz CT molecular complexity index is 697. The van der Waals surface area contributed by atoms with E-state index in [-0.39, 0.29) is 16.0 Å². The van der Waals surface area contributed by atoms with E-state index in [4.69, 9.17) is 0 Å². The Balaban J connectivity index is 3.10. The van der Waals surface area contributed by atoms with Crippen LogP contribution in [0.3, 0.4) is 0 Å². The molecule has 1 heterocycles. The van der Waals surface area contributed by atoms with Crippen LogP contribution in [0, 0.1) is 0 Å². The molecule has 9 heteroatoms. The first kappa shape index (κ1) is 19.2. The molecule has 0 bridgehead atoms. The Morgan fingerprint density at radius 2 is 1.73 bits per heavy atom. The lowest BCUT2D eigenvalue weighted by atomic mass is 10.4. The Labute approximate surface area is 144 Å². The average Bonchev–Trinajstić information content (AvgIpc) is 2.44. The Hall–Kier alpha value is -0.800. The topological polar surface area (TPSA) is 78.1 Å². The average molecular weight is 409 g/mol. The fourth-order valence-electron chi connectivity index (χ4n) is 1.75. The van der Waals surface area contributed by atoms with Gasteiger partial charge in [-0.2, -0.15) is 0 Å². The van der Waals surface area contributed by atoms with Crippen LogP contribution >= 0.6 is 39.5 Å². The number of aromatic nitrogens is 2. The molecule has 0 aliphatic rings. The molecular formula is C13H17BrN2O4S2. The van der Waals surface area contributed by atoms with E-state index in [0.717, 1.165) is 16.3 Å². The summed E-state index contributed by atoms with van der Waals surface area (Å²) in [5.41, 5.74) is -0.334. The molecule has 1 aromatic heterocycles. The highest BCUT2D eigenvalue weighted by Gasteiger charge is 2.16. The van der Waals surface area contributed by atoms with E-state index < -0.39 is 11.2 Å². The Morgan fingerprint density at radius 1 is 1.14 bits per heavy atom. The van der Waals surface area contributed by atoms with Gasteiger partial charge in [-0.15, -0.1) is 0 Å². The van der Waals surface area contributed by atoms with Gasteiger partial charge in [-0.05, 0) is 22.4 Å². The molecule has 1 rings (SSSR count). The summed E-state index contributed by atoms with van der Waals surface area (Å²) in [5.74, 6) is 0.850. The van der Waals surface area contributed by atoms with Gasteiger partial charge in [0.15, 0.2) is 10.2 Å². The lowest BCUT2D eigenvalue weighted by Gasteiger charge is -2.15. The fourth-order valence-corrected chi connectivity index (χ4v) is 3.76. The highest BCUT2D eigenvalue weighted by Crippen LogP contribution is 2.18. The van der Waals surface area contributed by atoms with Crippen molar-refractivity contribution in [3.05, 3.63) is 31.0 Å². The quantitative estimate of drug-likeness (QED) is 0.667. The summed E-state index contributed by atoms with van der Waals surface area (Å²) in [6.45, 7) is 3.32. The van der Waals surface area contributed by atoms with Crippen LogP contribution in [0.2, 0.25) is 0 Å². The van der Waals surface area contributed by atoms with Gasteiger partial charge in [-0.25, -0.2) is 4.79 Å². The van der Waals surface area contributed by atoms with Gasteiger partial charge in [0.1, 0.15) is 4.47 Å². The molecule has 22 heavy (non-hydrogen) atoms. The lowest BCUT2D eigenvalue weighted by Crippen LogP contribution is -2.40. The highest BCUT2D eigenvalue weighted by atomic mass is 79.9. The number of nitrogens with zero attached hydrogens (tertiary/aromatic N) is 2. The number of carbonyl (C=O) groups is 2. The third kappa shape index (κ3) is 5.13. The predicted octanol–water partition coefficient (Wildman–Crippen LogP) is 1.76.